The second-order valence-corrected chi connectivity index (χ2v) is 6.43. The van der Waals surface area contributed by atoms with Gasteiger partial charge in [-0.3, -0.25) is 4.79 Å². The maximum atomic E-state index is 12.0. The third-order valence-electron chi connectivity index (χ3n) is 3.52. The van der Waals surface area contributed by atoms with Crippen molar-refractivity contribution < 1.29 is 4.79 Å². The van der Waals surface area contributed by atoms with Gasteiger partial charge >= 0.3 is 0 Å². The molecule has 1 fully saturated rings. The number of nitrogens with one attached hydrogen (secondary N) is 1. The van der Waals surface area contributed by atoms with E-state index < -0.39 is 0 Å². The standard InChI is InChI=1S/C18H17N3OS/c1-13(15-10-6-3-7-11-15)20-21-18-19-17(22)16(23-18)12-14-8-4-2-5-9-14/h2-11,16H,12H2,1H3,(H,19,21,22)/t16-/m0/s1. The van der Waals surface area contributed by atoms with Crippen molar-refractivity contribution in [2.24, 2.45) is 10.2 Å². The van der Waals surface area contributed by atoms with Gasteiger partial charge in [0.25, 0.3) is 0 Å². The maximum Gasteiger partial charge on any atom is 0.239 e. The molecule has 0 bridgehead atoms. The average Bonchev–Trinajstić information content (AvgIpc) is 2.94. The van der Waals surface area contributed by atoms with Gasteiger partial charge in [-0.2, -0.15) is 5.10 Å². The highest BCUT2D eigenvalue weighted by molar-refractivity contribution is 8.15. The van der Waals surface area contributed by atoms with E-state index in [1.54, 1.807) is 0 Å². The van der Waals surface area contributed by atoms with E-state index in [1.165, 1.54) is 11.8 Å². The number of carbonyl (C=O) groups is 1. The predicted octanol–water partition coefficient (Wildman–Crippen LogP) is 3.24. The third-order valence-corrected chi connectivity index (χ3v) is 4.59. The maximum absolute atomic E-state index is 12.0. The van der Waals surface area contributed by atoms with Gasteiger partial charge in [-0.1, -0.05) is 72.4 Å². The lowest BCUT2D eigenvalue weighted by molar-refractivity contribution is -0.118. The molecular formula is C18H17N3OS. The van der Waals surface area contributed by atoms with Gasteiger partial charge in [-0.15, -0.1) is 5.10 Å². The fourth-order valence-electron chi connectivity index (χ4n) is 2.27. The van der Waals surface area contributed by atoms with Crippen LogP contribution in [-0.2, 0) is 11.2 Å². The van der Waals surface area contributed by atoms with Gasteiger partial charge in [0, 0.05) is 0 Å². The molecule has 0 saturated carbocycles. The SMILES string of the molecule is CC(=N/N=C1\NC(=O)[C@H](Cc2ccccc2)S1)c1ccccc1. The Bertz CT molecular complexity index is 741. The molecule has 4 nitrogen and oxygen atoms in total. The fraction of sp³-hybridized carbons (Fsp3) is 0.167. The first-order valence-electron chi connectivity index (χ1n) is 7.41. The number of carbonyl (C=O) groups excluding carboxylic acids is 1. The molecule has 5 heteroatoms. The van der Waals surface area contributed by atoms with Crippen LogP contribution in [0.15, 0.2) is 70.9 Å². The molecule has 1 N–H and O–H groups in total. The second kappa shape index (κ2) is 7.24. The summed E-state index contributed by atoms with van der Waals surface area (Å²) in [5, 5.41) is 11.6. The molecule has 1 saturated heterocycles. The van der Waals surface area contributed by atoms with E-state index in [9.17, 15) is 4.79 Å². The smallest absolute Gasteiger partial charge is 0.239 e. The molecule has 0 spiro atoms. The number of hydrogen-bond donors (Lipinski definition) is 1. The van der Waals surface area contributed by atoms with E-state index in [-0.39, 0.29) is 11.2 Å². The van der Waals surface area contributed by atoms with Crippen LogP contribution in [0.25, 0.3) is 0 Å². The molecule has 3 rings (SSSR count). The molecule has 2 aromatic carbocycles. The molecule has 0 unspecified atom stereocenters. The highest BCUT2D eigenvalue weighted by Crippen LogP contribution is 2.23. The highest BCUT2D eigenvalue weighted by atomic mass is 32.2. The summed E-state index contributed by atoms with van der Waals surface area (Å²) in [5.74, 6) is -0.00910. The van der Waals surface area contributed by atoms with Crippen LogP contribution in [0.5, 0.6) is 0 Å². The number of rotatable bonds is 4. The average molecular weight is 323 g/mol. The van der Waals surface area contributed by atoms with Gasteiger partial charge in [-0.05, 0) is 24.5 Å². The molecule has 23 heavy (non-hydrogen) atoms. The van der Waals surface area contributed by atoms with E-state index >= 15 is 0 Å². The summed E-state index contributed by atoms with van der Waals surface area (Å²) in [7, 11) is 0. The van der Waals surface area contributed by atoms with Crippen molar-refractivity contribution in [1.29, 1.82) is 0 Å². The topological polar surface area (TPSA) is 53.8 Å². The Kier molecular flexibility index (Phi) is 4.88. The van der Waals surface area contributed by atoms with Gasteiger partial charge in [0.05, 0.1) is 11.0 Å². The lowest BCUT2D eigenvalue weighted by Crippen LogP contribution is -2.25. The Labute approximate surface area is 139 Å². The zero-order valence-corrected chi connectivity index (χ0v) is 13.6. The van der Waals surface area contributed by atoms with Crippen LogP contribution < -0.4 is 5.32 Å². The van der Waals surface area contributed by atoms with Gasteiger partial charge in [-0.25, -0.2) is 0 Å². The summed E-state index contributed by atoms with van der Waals surface area (Å²) in [5.41, 5.74) is 2.98. The molecule has 1 heterocycles. The largest absolute Gasteiger partial charge is 0.303 e. The van der Waals surface area contributed by atoms with Crippen molar-refractivity contribution in [3.8, 4) is 0 Å². The van der Waals surface area contributed by atoms with Gasteiger partial charge in [0.15, 0.2) is 5.17 Å². The summed E-state index contributed by atoms with van der Waals surface area (Å²) in [4.78, 5) is 12.0. The summed E-state index contributed by atoms with van der Waals surface area (Å²) in [6.07, 6.45) is 0.692. The predicted molar refractivity (Wildman–Crippen MR) is 95.8 cm³/mol. The summed E-state index contributed by atoms with van der Waals surface area (Å²) < 4.78 is 0. The van der Waals surface area contributed by atoms with Crippen LogP contribution in [0, 0.1) is 0 Å². The molecule has 0 aromatic heterocycles. The van der Waals surface area contributed by atoms with Crippen LogP contribution >= 0.6 is 11.8 Å². The Morgan fingerprint density at radius 1 is 1.09 bits per heavy atom. The quantitative estimate of drug-likeness (QED) is 0.694. The number of hydrogen-bond acceptors (Lipinski definition) is 4. The zero-order chi connectivity index (χ0) is 16.1. The summed E-state index contributed by atoms with van der Waals surface area (Å²) >= 11 is 1.43. The van der Waals surface area contributed by atoms with Crippen LogP contribution in [-0.4, -0.2) is 22.0 Å². The molecule has 1 amide bonds. The monoisotopic (exact) mass is 323 g/mol. The van der Waals surface area contributed by atoms with Crippen LogP contribution in [0.4, 0.5) is 0 Å². The summed E-state index contributed by atoms with van der Waals surface area (Å²) in [6, 6.07) is 19.8. The Morgan fingerprint density at radius 2 is 1.74 bits per heavy atom. The molecule has 1 aliphatic heterocycles. The first-order valence-corrected chi connectivity index (χ1v) is 8.29. The van der Waals surface area contributed by atoms with Crippen molar-refractivity contribution in [1.82, 2.24) is 5.32 Å². The van der Waals surface area contributed by atoms with Crippen molar-refractivity contribution in [3.63, 3.8) is 0 Å². The van der Waals surface area contributed by atoms with Crippen LogP contribution in [0.1, 0.15) is 18.1 Å². The number of amidine groups is 1. The molecule has 116 valence electrons. The number of nitrogens with zero attached hydrogens (tertiary/aromatic N) is 2. The number of benzene rings is 2. The molecule has 0 radical (unpaired) electrons. The van der Waals surface area contributed by atoms with Crippen LogP contribution in [0.2, 0.25) is 0 Å². The summed E-state index contributed by atoms with van der Waals surface area (Å²) in [6.45, 7) is 1.91. The second-order valence-electron chi connectivity index (χ2n) is 5.24. The van der Waals surface area contributed by atoms with Crippen molar-refractivity contribution in [2.45, 2.75) is 18.6 Å². The van der Waals surface area contributed by atoms with E-state index in [2.05, 4.69) is 15.5 Å². The fourth-order valence-corrected chi connectivity index (χ4v) is 3.23. The first kappa shape index (κ1) is 15.5. The van der Waals surface area contributed by atoms with Crippen molar-refractivity contribution >= 4 is 28.5 Å². The normalized spacial score (nSPS) is 19.9. The lowest BCUT2D eigenvalue weighted by Gasteiger charge is -2.04. The van der Waals surface area contributed by atoms with E-state index in [0.29, 0.717) is 11.6 Å². The number of thioether (sulfide) groups is 1. The van der Waals surface area contributed by atoms with Gasteiger partial charge in [0.2, 0.25) is 5.91 Å². The lowest BCUT2D eigenvalue weighted by atomic mass is 10.1. The molecular weight excluding hydrogens is 306 g/mol. The van der Waals surface area contributed by atoms with Crippen molar-refractivity contribution in [2.75, 3.05) is 0 Å². The minimum Gasteiger partial charge on any atom is -0.303 e. The molecule has 2 aromatic rings. The zero-order valence-electron chi connectivity index (χ0n) is 12.8. The van der Waals surface area contributed by atoms with Crippen LogP contribution in [0.3, 0.4) is 0 Å². The molecule has 1 aliphatic rings. The molecule has 0 aliphatic carbocycles. The Balaban J connectivity index is 1.67. The number of amides is 1. The van der Waals surface area contributed by atoms with E-state index in [0.717, 1.165) is 16.8 Å². The highest BCUT2D eigenvalue weighted by Gasteiger charge is 2.30. The third kappa shape index (κ3) is 4.07. The van der Waals surface area contributed by atoms with E-state index in [4.69, 9.17) is 0 Å². The van der Waals surface area contributed by atoms with Gasteiger partial charge < -0.3 is 5.32 Å². The van der Waals surface area contributed by atoms with Gasteiger partial charge in [0.1, 0.15) is 0 Å². The van der Waals surface area contributed by atoms with E-state index in [1.807, 2.05) is 67.6 Å². The Morgan fingerprint density at radius 3 is 2.43 bits per heavy atom. The molecule has 1 atom stereocenters. The van der Waals surface area contributed by atoms with Crippen molar-refractivity contribution in [3.05, 3.63) is 71.8 Å². The Hall–Kier alpha value is -2.40. The minimum atomic E-state index is -0.150. The minimum absolute atomic E-state index is 0.00910. The first-order chi connectivity index (χ1) is 11.2.